The van der Waals surface area contributed by atoms with Gasteiger partial charge in [-0.25, -0.2) is 21.6 Å². The lowest BCUT2D eigenvalue weighted by molar-refractivity contribution is 0.448. The summed E-state index contributed by atoms with van der Waals surface area (Å²) in [6.07, 6.45) is 0. The predicted molar refractivity (Wildman–Crippen MR) is 62.2 cm³/mol. The summed E-state index contributed by atoms with van der Waals surface area (Å²) in [7, 11) is -2.22. The fourth-order valence-electron chi connectivity index (χ4n) is 1.28. The van der Waals surface area contributed by atoms with Gasteiger partial charge in [0.1, 0.15) is 0 Å². The van der Waals surface area contributed by atoms with Crippen LogP contribution in [0.5, 0.6) is 0 Å². The minimum atomic E-state index is -3.79. The molecule has 0 saturated heterocycles. The molecular weight excluding hydrogens is 269 g/mol. The van der Waals surface area contributed by atoms with Crippen molar-refractivity contribution in [2.24, 2.45) is 0 Å². The van der Waals surface area contributed by atoms with Crippen molar-refractivity contribution in [2.45, 2.75) is 12.2 Å². The number of benzene rings is 1. The lowest BCUT2D eigenvalue weighted by Crippen LogP contribution is -2.33. The third-order valence-electron chi connectivity index (χ3n) is 2.27. The van der Waals surface area contributed by atoms with E-state index in [1.165, 1.54) is 6.92 Å². The number of sulfonamides is 1. The van der Waals surface area contributed by atoms with Gasteiger partial charge >= 0.3 is 0 Å². The molecule has 0 radical (unpaired) electrons. The second-order valence-corrected chi connectivity index (χ2v) is 5.87. The first-order valence-electron chi connectivity index (χ1n) is 5.08. The van der Waals surface area contributed by atoms with Crippen LogP contribution in [0.25, 0.3) is 0 Å². The zero-order chi connectivity index (χ0) is 13.9. The van der Waals surface area contributed by atoms with Gasteiger partial charge in [-0.15, -0.1) is 0 Å². The van der Waals surface area contributed by atoms with Gasteiger partial charge in [0.2, 0.25) is 10.0 Å². The van der Waals surface area contributed by atoms with E-state index in [1.54, 1.807) is 7.05 Å². The molecule has 4 nitrogen and oxygen atoms in total. The van der Waals surface area contributed by atoms with Gasteiger partial charge in [-0.05, 0) is 14.0 Å². The lowest BCUT2D eigenvalue weighted by atomic mass is 10.3. The largest absolute Gasteiger partial charge is 0.318 e. The molecule has 1 aromatic carbocycles. The average molecular weight is 282 g/mol. The Labute approximate surface area is 103 Å². The molecule has 0 aliphatic heterocycles. The summed E-state index contributed by atoms with van der Waals surface area (Å²) in [5.74, 6) is -4.54. The Hall–Kier alpha value is -1.28. The van der Waals surface area contributed by atoms with Crippen molar-refractivity contribution in [2.75, 3.05) is 18.3 Å². The van der Waals surface area contributed by atoms with E-state index in [4.69, 9.17) is 0 Å². The summed E-state index contributed by atoms with van der Waals surface area (Å²) >= 11 is 0. The summed E-state index contributed by atoms with van der Waals surface area (Å²) in [6.45, 7) is 1.59. The highest BCUT2D eigenvalue weighted by Gasteiger charge is 2.21. The highest BCUT2D eigenvalue weighted by atomic mass is 32.2. The van der Waals surface area contributed by atoms with Crippen LogP contribution in [0.2, 0.25) is 0 Å². The quantitative estimate of drug-likeness (QED) is 0.804. The van der Waals surface area contributed by atoms with Gasteiger partial charge in [0.15, 0.2) is 17.5 Å². The van der Waals surface area contributed by atoms with Crippen LogP contribution in [0.1, 0.15) is 6.92 Å². The topological polar surface area (TPSA) is 58.2 Å². The van der Waals surface area contributed by atoms with Crippen LogP contribution in [-0.4, -0.2) is 27.3 Å². The number of anilines is 1. The maximum Gasteiger partial charge on any atom is 0.236 e. The molecule has 0 aromatic heterocycles. The third kappa shape index (κ3) is 3.36. The van der Waals surface area contributed by atoms with Crippen molar-refractivity contribution in [3.8, 4) is 0 Å². The molecule has 0 saturated carbocycles. The van der Waals surface area contributed by atoms with E-state index in [2.05, 4.69) is 5.32 Å². The summed E-state index contributed by atoms with van der Waals surface area (Å²) in [5.41, 5.74) is -0.352. The summed E-state index contributed by atoms with van der Waals surface area (Å²) < 4.78 is 63.9. The molecule has 1 unspecified atom stereocenters. The number of halogens is 3. The highest BCUT2D eigenvalue weighted by molar-refractivity contribution is 7.93. The van der Waals surface area contributed by atoms with Gasteiger partial charge < -0.3 is 5.32 Å². The molecule has 18 heavy (non-hydrogen) atoms. The van der Waals surface area contributed by atoms with Crippen LogP contribution in [-0.2, 0) is 10.0 Å². The Bertz CT molecular complexity index is 511. The zero-order valence-electron chi connectivity index (χ0n) is 9.80. The minimum Gasteiger partial charge on any atom is -0.318 e. The second kappa shape index (κ2) is 5.57. The Morgan fingerprint density at radius 3 is 2.17 bits per heavy atom. The molecule has 0 heterocycles. The van der Waals surface area contributed by atoms with Gasteiger partial charge in [-0.1, -0.05) is 0 Å². The summed E-state index contributed by atoms with van der Waals surface area (Å²) in [5, 5.41) is 1.86. The smallest absolute Gasteiger partial charge is 0.236 e. The van der Waals surface area contributed by atoms with E-state index in [9.17, 15) is 21.6 Å². The van der Waals surface area contributed by atoms with Gasteiger partial charge in [-0.3, -0.25) is 4.72 Å². The standard InChI is InChI=1S/C10H13F3N2O2S/c1-6(5-14-2)18(16,17)15-7-3-8(11)10(13)9(12)4-7/h3-4,6,14-15H,5H2,1-2H3. The van der Waals surface area contributed by atoms with Crippen LogP contribution in [0.4, 0.5) is 18.9 Å². The molecule has 0 aliphatic carbocycles. The molecule has 1 aromatic rings. The van der Waals surface area contributed by atoms with Crippen molar-refractivity contribution in [1.29, 1.82) is 0 Å². The first kappa shape index (κ1) is 14.8. The molecule has 0 amide bonds. The maximum absolute atomic E-state index is 12.9. The first-order chi connectivity index (χ1) is 8.27. The fourth-order valence-corrected chi connectivity index (χ4v) is 2.31. The molecule has 8 heteroatoms. The molecule has 102 valence electrons. The third-order valence-corrected chi connectivity index (χ3v) is 4.01. The number of hydrogen-bond acceptors (Lipinski definition) is 3. The highest BCUT2D eigenvalue weighted by Crippen LogP contribution is 2.19. The van der Waals surface area contributed by atoms with E-state index in [-0.39, 0.29) is 12.2 Å². The normalized spacial score (nSPS) is 13.4. The second-order valence-electron chi connectivity index (χ2n) is 3.77. The number of hydrogen-bond donors (Lipinski definition) is 2. The molecule has 2 N–H and O–H groups in total. The molecule has 0 fully saturated rings. The monoisotopic (exact) mass is 282 g/mol. The Kier molecular flexibility index (Phi) is 4.58. The fraction of sp³-hybridized carbons (Fsp3) is 0.400. The van der Waals surface area contributed by atoms with Gasteiger partial charge in [-0.2, -0.15) is 0 Å². The lowest BCUT2D eigenvalue weighted by Gasteiger charge is -2.14. The molecule has 0 spiro atoms. The van der Waals surface area contributed by atoms with Crippen molar-refractivity contribution in [3.63, 3.8) is 0 Å². The Morgan fingerprint density at radius 1 is 1.22 bits per heavy atom. The SMILES string of the molecule is CNCC(C)S(=O)(=O)Nc1cc(F)c(F)c(F)c1. The number of rotatable bonds is 5. The van der Waals surface area contributed by atoms with Crippen molar-refractivity contribution < 1.29 is 21.6 Å². The van der Waals surface area contributed by atoms with Gasteiger partial charge in [0.25, 0.3) is 0 Å². The van der Waals surface area contributed by atoms with E-state index >= 15 is 0 Å². The van der Waals surface area contributed by atoms with Gasteiger partial charge in [0, 0.05) is 18.7 Å². The number of nitrogens with one attached hydrogen (secondary N) is 2. The van der Waals surface area contributed by atoms with Crippen LogP contribution < -0.4 is 10.0 Å². The van der Waals surface area contributed by atoms with Crippen molar-refractivity contribution in [3.05, 3.63) is 29.6 Å². The Morgan fingerprint density at radius 2 is 1.72 bits per heavy atom. The van der Waals surface area contributed by atoms with E-state index in [0.717, 1.165) is 0 Å². The van der Waals surface area contributed by atoms with Crippen LogP contribution in [0, 0.1) is 17.5 Å². The Balaban J connectivity index is 2.98. The predicted octanol–water partition coefficient (Wildman–Crippen LogP) is 1.45. The van der Waals surface area contributed by atoms with Crippen molar-refractivity contribution in [1.82, 2.24) is 5.32 Å². The average Bonchev–Trinajstić information content (AvgIpc) is 2.25. The summed E-state index contributed by atoms with van der Waals surface area (Å²) in [4.78, 5) is 0. The van der Waals surface area contributed by atoms with Crippen LogP contribution in [0.15, 0.2) is 12.1 Å². The van der Waals surface area contributed by atoms with Crippen molar-refractivity contribution >= 4 is 15.7 Å². The van der Waals surface area contributed by atoms with E-state index < -0.39 is 32.7 Å². The molecule has 0 aliphatic rings. The first-order valence-corrected chi connectivity index (χ1v) is 6.63. The molecular formula is C10H13F3N2O2S. The maximum atomic E-state index is 12.9. The van der Waals surface area contributed by atoms with E-state index in [1.807, 2.05) is 4.72 Å². The van der Waals surface area contributed by atoms with E-state index in [0.29, 0.717) is 12.1 Å². The summed E-state index contributed by atoms with van der Waals surface area (Å²) in [6, 6.07) is 1.17. The minimum absolute atomic E-state index is 0.168. The van der Waals surface area contributed by atoms with Crippen LogP contribution >= 0.6 is 0 Å². The molecule has 0 bridgehead atoms. The van der Waals surface area contributed by atoms with Gasteiger partial charge in [0.05, 0.1) is 10.9 Å². The molecule has 1 rings (SSSR count). The molecule has 1 atom stereocenters. The zero-order valence-corrected chi connectivity index (χ0v) is 10.6. The van der Waals surface area contributed by atoms with Crippen LogP contribution in [0.3, 0.4) is 0 Å².